The molecule has 2 aromatic rings. The predicted octanol–water partition coefficient (Wildman–Crippen LogP) is 2.04. The maximum Gasteiger partial charge on any atom is 0.270 e. The second kappa shape index (κ2) is 6.43. The second-order valence-corrected chi connectivity index (χ2v) is 5.88. The molecule has 0 fully saturated rings. The van der Waals surface area contributed by atoms with Crippen LogP contribution in [0.1, 0.15) is 22.3 Å². The lowest BCUT2D eigenvalue weighted by molar-refractivity contribution is -0.384. The van der Waals surface area contributed by atoms with Crippen molar-refractivity contribution >= 4 is 23.1 Å². The van der Waals surface area contributed by atoms with Crippen LogP contribution in [0.3, 0.4) is 0 Å². The fourth-order valence-corrected chi connectivity index (χ4v) is 3.05. The highest BCUT2D eigenvalue weighted by atomic mass is 16.6. The van der Waals surface area contributed by atoms with Gasteiger partial charge >= 0.3 is 0 Å². The highest BCUT2D eigenvalue weighted by Gasteiger charge is 2.50. The van der Waals surface area contributed by atoms with E-state index in [1.165, 1.54) is 23.1 Å². The summed E-state index contributed by atoms with van der Waals surface area (Å²) in [6.07, 6.45) is 4.76. The van der Waals surface area contributed by atoms with Crippen LogP contribution < -0.4 is 4.90 Å². The Morgan fingerprint density at radius 1 is 1.27 bits per heavy atom. The smallest absolute Gasteiger partial charge is 0.270 e. The van der Waals surface area contributed by atoms with Gasteiger partial charge in [0.05, 0.1) is 23.6 Å². The summed E-state index contributed by atoms with van der Waals surface area (Å²) < 4.78 is 0. The summed E-state index contributed by atoms with van der Waals surface area (Å²) in [5, 5.41) is 21.9. The molecule has 1 heterocycles. The van der Waals surface area contributed by atoms with Crippen molar-refractivity contribution in [1.29, 1.82) is 0 Å². The Kier molecular flexibility index (Phi) is 4.28. The molecule has 130 valence electrons. The summed E-state index contributed by atoms with van der Waals surface area (Å²) in [6, 6.07) is 11.7. The first kappa shape index (κ1) is 17.3. The summed E-state index contributed by atoms with van der Waals surface area (Å²) in [5.74, 6) is 1.09. The zero-order chi connectivity index (χ0) is 18.9. The van der Waals surface area contributed by atoms with Crippen molar-refractivity contribution in [1.82, 2.24) is 0 Å². The topological polar surface area (TPSA) is 101 Å². The molecule has 1 N–H and O–H groups in total. The van der Waals surface area contributed by atoms with E-state index in [0.717, 1.165) is 6.07 Å². The quantitative estimate of drug-likeness (QED) is 0.385. The number of nitro groups is 1. The molecule has 26 heavy (non-hydrogen) atoms. The molecule has 0 aromatic heterocycles. The number of hydrogen-bond acceptors (Lipinski definition) is 5. The van der Waals surface area contributed by atoms with Crippen LogP contribution in [-0.2, 0) is 10.4 Å². The second-order valence-electron chi connectivity index (χ2n) is 5.88. The molecule has 3 rings (SSSR count). The predicted molar refractivity (Wildman–Crippen MR) is 93.6 cm³/mol. The number of amides is 1. The van der Waals surface area contributed by atoms with Gasteiger partial charge in [-0.05, 0) is 6.07 Å². The van der Waals surface area contributed by atoms with Gasteiger partial charge in [-0.2, -0.15) is 0 Å². The highest BCUT2D eigenvalue weighted by molar-refractivity contribution is 6.11. The van der Waals surface area contributed by atoms with E-state index in [2.05, 4.69) is 5.92 Å². The maximum atomic E-state index is 12.7. The number of carbonyl (C=O) groups is 2. The third kappa shape index (κ3) is 2.72. The fourth-order valence-electron chi connectivity index (χ4n) is 3.05. The normalized spacial score (nSPS) is 18.3. The minimum atomic E-state index is -2.06. The number of fused-ring (bicyclic) bond motifs is 1. The molecule has 0 spiro atoms. The third-order valence-electron chi connectivity index (χ3n) is 4.28. The molecule has 1 aliphatic rings. The Morgan fingerprint density at radius 2 is 2.00 bits per heavy atom. The molecule has 1 atom stereocenters. The van der Waals surface area contributed by atoms with Gasteiger partial charge in [-0.3, -0.25) is 24.6 Å². The number of ketones is 1. The van der Waals surface area contributed by atoms with Crippen molar-refractivity contribution in [2.45, 2.75) is 12.0 Å². The molecule has 0 aliphatic carbocycles. The van der Waals surface area contributed by atoms with Crippen LogP contribution in [0.25, 0.3) is 0 Å². The first-order valence-electron chi connectivity index (χ1n) is 7.73. The number of benzene rings is 2. The minimum absolute atomic E-state index is 0.0385. The number of para-hydroxylation sites is 1. The summed E-state index contributed by atoms with van der Waals surface area (Å²) in [7, 11) is 0. The number of carbonyl (C=O) groups excluding carboxylic acids is 2. The molecule has 0 saturated heterocycles. The summed E-state index contributed by atoms with van der Waals surface area (Å²) >= 11 is 0. The van der Waals surface area contributed by atoms with E-state index >= 15 is 0 Å². The molecule has 7 heteroatoms. The Hall–Kier alpha value is -3.50. The number of rotatable bonds is 5. The molecule has 0 saturated carbocycles. The monoisotopic (exact) mass is 350 g/mol. The Bertz CT molecular complexity index is 962. The van der Waals surface area contributed by atoms with Crippen LogP contribution in [0.4, 0.5) is 11.4 Å². The van der Waals surface area contributed by atoms with Crippen molar-refractivity contribution in [3.63, 3.8) is 0 Å². The number of nitrogens with zero attached hydrogens (tertiary/aromatic N) is 2. The summed E-state index contributed by atoms with van der Waals surface area (Å²) in [4.78, 5) is 36.9. The van der Waals surface area contributed by atoms with Crippen LogP contribution in [0.5, 0.6) is 0 Å². The first-order valence-corrected chi connectivity index (χ1v) is 7.73. The average Bonchev–Trinajstić information content (AvgIpc) is 2.84. The van der Waals surface area contributed by atoms with Gasteiger partial charge in [0.15, 0.2) is 11.4 Å². The molecule has 1 aliphatic heterocycles. The van der Waals surface area contributed by atoms with E-state index in [0.29, 0.717) is 11.3 Å². The highest BCUT2D eigenvalue weighted by Crippen LogP contribution is 2.42. The average molecular weight is 350 g/mol. The lowest BCUT2D eigenvalue weighted by Gasteiger charge is -2.21. The van der Waals surface area contributed by atoms with Crippen molar-refractivity contribution in [3.8, 4) is 12.3 Å². The van der Waals surface area contributed by atoms with Gasteiger partial charge < -0.3 is 5.11 Å². The number of non-ortho nitro benzene ring substituents is 1. The van der Waals surface area contributed by atoms with E-state index in [1.807, 2.05) is 0 Å². The van der Waals surface area contributed by atoms with Crippen LogP contribution in [-0.4, -0.2) is 28.3 Å². The minimum Gasteiger partial charge on any atom is -0.375 e. The maximum absolute atomic E-state index is 12.7. The largest absolute Gasteiger partial charge is 0.375 e. The first-order chi connectivity index (χ1) is 12.4. The lowest BCUT2D eigenvalue weighted by Crippen LogP contribution is -2.42. The molecular weight excluding hydrogens is 336 g/mol. The number of Topliss-reactive ketones (excluding diaryl/α,β-unsaturated/α-hetero) is 1. The van der Waals surface area contributed by atoms with Gasteiger partial charge in [0.25, 0.3) is 11.6 Å². The zero-order valence-corrected chi connectivity index (χ0v) is 13.6. The number of hydrogen-bond donors (Lipinski definition) is 1. The number of aliphatic hydroxyl groups is 1. The SMILES string of the molecule is C#CCN1C(=O)[C@](O)(CC(=O)c2cccc([N+](=O)[O-])c2)c2ccccc21. The van der Waals surface area contributed by atoms with Crippen LogP contribution >= 0.6 is 0 Å². The lowest BCUT2D eigenvalue weighted by atomic mass is 9.88. The van der Waals surface area contributed by atoms with Gasteiger partial charge in [-0.25, -0.2) is 0 Å². The molecule has 1 amide bonds. The summed E-state index contributed by atoms with van der Waals surface area (Å²) in [5.41, 5.74) is -1.51. The standard InChI is InChI=1S/C19H14N2O5/c1-2-10-20-16-9-4-3-8-15(16)19(24,18(20)23)12-17(22)13-6-5-7-14(11-13)21(25)26/h1,3-9,11,24H,10,12H2/t19-/m0/s1. The molecule has 0 radical (unpaired) electrons. The van der Waals surface area contributed by atoms with E-state index in [1.54, 1.807) is 24.3 Å². The van der Waals surface area contributed by atoms with E-state index in [9.17, 15) is 24.8 Å². The van der Waals surface area contributed by atoms with Crippen molar-refractivity contribution < 1.29 is 19.6 Å². The Morgan fingerprint density at radius 3 is 2.69 bits per heavy atom. The van der Waals surface area contributed by atoms with E-state index < -0.39 is 28.6 Å². The molecule has 7 nitrogen and oxygen atoms in total. The van der Waals surface area contributed by atoms with Gasteiger partial charge in [0.2, 0.25) is 0 Å². The molecule has 2 aromatic carbocycles. The molecule has 0 unspecified atom stereocenters. The van der Waals surface area contributed by atoms with Crippen molar-refractivity contribution in [2.75, 3.05) is 11.4 Å². The van der Waals surface area contributed by atoms with Gasteiger partial charge in [-0.15, -0.1) is 6.42 Å². The Labute approximate surface area is 149 Å². The van der Waals surface area contributed by atoms with Crippen LogP contribution in [0.2, 0.25) is 0 Å². The van der Waals surface area contributed by atoms with Crippen LogP contribution in [0, 0.1) is 22.5 Å². The van der Waals surface area contributed by atoms with Gasteiger partial charge in [-0.1, -0.05) is 36.3 Å². The van der Waals surface area contributed by atoms with E-state index in [4.69, 9.17) is 6.42 Å². The van der Waals surface area contributed by atoms with Crippen molar-refractivity contribution in [2.24, 2.45) is 0 Å². The zero-order valence-electron chi connectivity index (χ0n) is 13.6. The number of nitro benzene ring substituents is 1. The van der Waals surface area contributed by atoms with Gasteiger partial charge in [0, 0.05) is 23.3 Å². The molecular formula is C19H14N2O5. The third-order valence-corrected chi connectivity index (χ3v) is 4.28. The molecule has 0 bridgehead atoms. The van der Waals surface area contributed by atoms with Crippen molar-refractivity contribution in [3.05, 3.63) is 69.8 Å². The fraction of sp³-hybridized carbons (Fsp3) is 0.158. The van der Waals surface area contributed by atoms with E-state index in [-0.39, 0.29) is 17.8 Å². The Balaban J connectivity index is 1.97. The summed E-state index contributed by atoms with van der Waals surface area (Å²) in [6.45, 7) is -0.0385. The number of anilines is 1. The number of terminal acetylenes is 1. The van der Waals surface area contributed by atoms with Crippen LogP contribution in [0.15, 0.2) is 48.5 Å². The van der Waals surface area contributed by atoms with Gasteiger partial charge in [0.1, 0.15) is 0 Å².